The molecule has 0 fully saturated rings. The molecule has 0 N–H and O–H groups in total. The monoisotopic (exact) mass is 427 g/mol. The highest BCUT2D eigenvalue weighted by atomic mass is 79.9. The molecule has 0 aliphatic carbocycles. The van der Waals surface area contributed by atoms with E-state index in [1.54, 1.807) is 56.5 Å². The van der Waals surface area contributed by atoms with Crippen molar-refractivity contribution in [1.29, 1.82) is 0 Å². The van der Waals surface area contributed by atoms with Gasteiger partial charge in [-0.25, -0.2) is 8.42 Å². The minimum Gasteiger partial charge on any atom is -0.497 e. The van der Waals surface area contributed by atoms with Crippen LogP contribution >= 0.6 is 27.9 Å². The molecule has 1 unspecified atom stereocenters. The van der Waals surface area contributed by atoms with E-state index in [2.05, 4.69) is 22.5 Å². The van der Waals surface area contributed by atoms with Crippen molar-refractivity contribution in [2.75, 3.05) is 7.11 Å². The molecular formula is C17H18BrNO3S2. The van der Waals surface area contributed by atoms with Crippen LogP contribution < -0.4 is 4.74 Å². The molecule has 0 aliphatic heterocycles. The Bertz CT molecular complexity index is 790. The lowest BCUT2D eigenvalue weighted by Gasteiger charge is -2.25. The third kappa shape index (κ3) is 4.42. The SMILES string of the molecule is C=CC(C)N(Sc1ccc(OC)cc1)S(=O)(=O)c1ccc(Br)cc1. The lowest BCUT2D eigenvalue weighted by atomic mass is 10.3. The van der Waals surface area contributed by atoms with E-state index in [1.165, 1.54) is 3.71 Å². The quantitative estimate of drug-likeness (QED) is 0.473. The van der Waals surface area contributed by atoms with Crippen molar-refractivity contribution >= 4 is 37.9 Å². The van der Waals surface area contributed by atoms with Crippen molar-refractivity contribution in [1.82, 2.24) is 3.71 Å². The van der Waals surface area contributed by atoms with E-state index in [0.717, 1.165) is 27.1 Å². The van der Waals surface area contributed by atoms with Gasteiger partial charge >= 0.3 is 0 Å². The summed E-state index contributed by atoms with van der Waals surface area (Å²) in [5, 5.41) is 0. The number of halogens is 1. The van der Waals surface area contributed by atoms with E-state index < -0.39 is 10.0 Å². The maximum Gasteiger partial charge on any atom is 0.253 e. The van der Waals surface area contributed by atoms with Crippen molar-refractivity contribution in [2.45, 2.75) is 22.8 Å². The number of sulfonamides is 1. The van der Waals surface area contributed by atoms with Gasteiger partial charge in [-0.15, -0.1) is 10.3 Å². The third-order valence-corrected chi connectivity index (χ3v) is 7.29. The molecule has 128 valence electrons. The molecule has 7 heteroatoms. The molecule has 0 aromatic heterocycles. The third-order valence-electron chi connectivity index (χ3n) is 3.28. The van der Waals surface area contributed by atoms with Crippen LogP contribution in [0.4, 0.5) is 0 Å². The zero-order valence-corrected chi connectivity index (χ0v) is 16.6. The molecule has 2 rings (SSSR count). The number of hydrogen-bond donors (Lipinski definition) is 0. The molecule has 0 saturated carbocycles. The Morgan fingerprint density at radius 3 is 2.25 bits per heavy atom. The summed E-state index contributed by atoms with van der Waals surface area (Å²) in [7, 11) is -2.08. The van der Waals surface area contributed by atoms with Gasteiger partial charge in [0.25, 0.3) is 10.0 Å². The molecule has 4 nitrogen and oxygen atoms in total. The highest BCUT2D eigenvalue weighted by Crippen LogP contribution is 2.33. The summed E-state index contributed by atoms with van der Waals surface area (Å²) in [4.78, 5) is 1.03. The summed E-state index contributed by atoms with van der Waals surface area (Å²) in [5.41, 5.74) is 0. The molecule has 0 amide bonds. The highest BCUT2D eigenvalue weighted by molar-refractivity contribution is 9.10. The topological polar surface area (TPSA) is 46.6 Å². The van der Waals surface area contributed by atoms with E-state index in [0.29, 0.717) is 0 Å². The Kier molecular flexibility index (Phi) is 6.51. The van der Waals surface area contributed by atoms with Gasteiger partial charge in [0.1, 0.15) is 5.75 Å². The maximum atomic E-state index is 13.0. The largest absolute Gasteiger partial charge is 0.497 e. The Labute approximate surface area is 155 Å². The van der Waals surface area contributed by atoms with Gasteiger partial charge in [-0.1, -0.05) is 22.0 Å². The summed E-state index contributed by atoms with van der Waals surface area (Å²) in [5.74, 6) is 0.721. The number of methoxy groups -OCH3 is 1. The van der Waals surface area contributed by atoms with E-state index in [4.69, 9.17) is 4.74 Å². The Morgan fingerprint density at radius 2 is 1.75 bits per heavy atom. The van der Waals surface area contributed by atoms with E-state index in [9.17, 15) is 8.42 Å². The number of benzene rings is 2. The molecule has 0 spiro atoms. The van der Waals surface area contributed by atoms with Crippen molar-refractivity contribution in [3.8, 4) is 5.75 Å². The van der Waals surface area contributed by atoms with E-state index in [-0.39, 0.29) is 10.9 Å². The first kappa shape index (κ1) is 19.1. The smallest absolute Gasteiger partial charge is 0.253 e. The summed E-state index contributed by atoms with van der Waals surface area (Å²) < 4.78 is 33.3. The van der Waals surface area contributed by atoms with Crippen molar-refractivity contribution < 1.29 is 13.2 Å². The van der Waals surface area contributed by atoms with Crippen LogP contribution in [0.1, 0.15) is 6.92 Å². The predicted octanol–water partition coefficient (Wildman–Crippen LogP) is 4.73. The molecule has 0 radical (unpaired) electrons. The minimum atomic E-state index is -3.67. The minimum absolute atomic E-state index is 0.236. The summed E-state index contributed by atoms with van der Waals surface area (Å²) >= 11 is 4.47. The van der Waals surface area contributed by atoms with Gasteiger partial charge in [0.2, 0.25) is 0 Å². The number of rotatable bonds is 7. The summed E-state index contributed by atoms with van der Waals surface area (Å²) in [6.45, 7) is 5.52. The van der Waals surface area contributed by atoms with Crippen molar-refractivity contribution in [3.05, 3.63) is 65.7 Å². The number of hydrogen-bond acceptors (Lipinski definition) is 4. The fraction of sp³-hybridized carbons (Fsp3) is 0.176. The molecular weight excluding hydrogens is 410 g/mol. The van der Waals surface area contributed by atoms with Crippen LogP contribution in [0.2, 0.25) is 0 Å². The Hall–Kier alpha value is -1.28. The van der Waals surface area contributed by atoms with Crippen LogP contribution in [0.5, 0.6) is 5.75 Å². The second-order valence-corrected chi connectivity index (χ2v) is 8.97. The number of nitrogens with zero attached hydrogens (tertiary/aromatic N) is 1. The molecule has 0 bridgehead atoms. The van der Waals surface area contributed by atoms with Crippen LogP contribution in [-0.4, -0.2) is 25.3 Å². The lowest BCUT2D eigenvalue weighted by molar-refractivity contribution is 0.414. The standard InChI is InChI=1S/C17H18BrNO3S2/c1-4-13(2)19(23-16-9-7-15(22-3)8-10-16)24(20,21)17-11-5-14(18)6-12-17/h4-13H,1H2,2-3H3. The second-order valence-electron chi connectivity index (χ2n) is 4.96. The molecule has 1 atom stereocenters. The predicted molar refractivity (Wildman–Crippen MR) is 102 cm³/mol. The van der Waals surface area contributed by atoms with Crippen molar-refractivity contribution in [3.63, 3.8) is 0 Å². The molecule has 24 heavy (non-hydrogen) atoms. The van der Waals surface area contributed by atoms with Crippen LogP contribution in [0.25, 0.3) is 0 Å². The Morgan fingerprint density at radius 1 is 1.17 bits per heavy atom. The first-order chi connectivity index (χ1) is 11.4. The molecule has 0 heterocycles. The van der Waals surface area contributed by atoms with Gasteiger partial charge in [-0.2, -0.15) is 0 Å². The van der Waals surface area contributed by atoms with Crippen LogP contribution in [-0.2, 0) is 10.0 Å². The normalized spacial score (nSPS) is 12.8. The fourth-order valence-electron chi connectivity index (χ4n) is 1.89. The van der Waals surface area contributed by atoms with Crippen LogP contribution in [0.15, 0.2) is 75.4 Å². The number of ether oxygens (including phenoxy) is 1. The van der Waals surface area contributed by atoms with Crippen LogP contribution in [0.3, 0.4) is 0 Å². The Balaban J connectivity index is 2.36. The first-order valence-corrected chi connectivity index (χ1v) is 10.1. The summed E-state index contributed by atoms with van der Waals surface area (Å²) in [6, 6.07) is 13.5. The summed E-state index contributed by atoms with van der Waals surface area (Å²) in [6.07, 6.45) is 1.60. The molecule has 0 aliphatic rings. The van der Waals surface area contributed by atoms with Crippen molar-refractivity contribution in [2.24, 2.45) is 0 Å². The fourth-order valence-corrected chi connectivity index (χ4v) is 4.99. The second kappa shape index (κ2) is 8.20. The molecule has 0 saturated heterocycles. The zero-order valence-electron chi connectivity index (χ0n) is 13.3. The van der Waals surface area contributed by atoms with Gasteiger partial charge in [0.15, 0.2) is 0 Å². The average molecular weight is 428 g/mol. The van der Waals surface area contributed by atoms with E-state index >= 15 is 0 Å². The van der Waals surface area contributed by atoms with E-state index in [1.807, 2.05) is 12.1 Å². The van der Waals surface area contributed by atoms with Gasteiger partial charge in [0, 0.05) is 9.37 Å². The zero-order chi connectivity index (χ0) is 17.7. The lowest BCUT2D eigenvalue weighted by Crippen LogP contribution is -2.31. The van der Waals surface area contributed by atoms with Gasteiger partial charge in [-0.05, 0) is 67.4 Å². The van der Waals surface area contributed by atoms with Gasteiger partial charge < -0.3 is 4.74 Å². The molecule has 2 aromatic carbocycles. The molecule has 2 aromatic rings. The maximum absolute atomic E-state index is 13.0. The van der Waals surface area contributed by atoms with Gasteiger partial charge in [0.05, 0.1) is 18.0 Å². The first-order valence-electron chi connectivity index (χ1n) is 7.13. The van der Waals surface area contributed by atoms with Gasteiger partial charge in [-0.3, -0.25) is 0 Å². The highest BCUT2D eigenvalue weighted by Gasteiger charge is 2.29. The van der Waals surface area contributed by atoms with Crippen LogP contribution in [0, 0.1) is 0 Å². The average Bonchev–Trinajstić information content (AvgIpc) is 2.59.